The van der Waals surface area contributed by atoms with E-state index in [4.69, 9.17) is 4.98 Å². The normalized spacial score (nSPS) is 12.8. The average molecular weight is 374 g/mol. The number of aromatic nitrogens is 1. The molecule has 0 fully saturated rings. The van der Waals surface area contributed by atoms with Gasteiger partial charge in [0.05, 0.1) is 5.52 Å². The van der Waals surface area contributed by atoms with Gasteiger partial charge in [0.15, 0.2) is 0 Å². The van der Waals surface area contributed by atoms with Gasteiger partial charge >= 0.3 is 0 Å². The van der Waals surface area contributed by atoms with Crippen molar-refractivity contribution in [2.75, 3.05) is 0 Å². The van der Waals surface area contributed by atoms with E-state index < -0.39 is 0 Å². The molecule has 0 aliphatic rings. The van der Waals surface area contributed by atoms with E-state index in [0.29, 0.717) is 0 Å². The third kappa shape index (κ3) is 3.27. The topological polar surface area (TPSA) is 12.9 Å². The van der Waals surface area contributed by atoms with Crippen molar-refractivity contribution in [3.8, 4) is 0 Å². The summed E-state index contributed by atoms with van der Waals surface area (Å²) in [5, 5.41) is 4.82. The molecule has 2 aromatic carbocycles. The number of fused-ring (bicyclic) bond motifs is 2. The fourth-order valence-corrected chi connectivity index (χ4v) is 5.23. The van der Waals surface area contributed by atoms with Crippen LogP contribution >= 0.6 is 11.3 Å². The van der Waals surface area contributed by atoms with Gasteiger partial charge in [0, 0.05) is 16.3 Å². The second-order valence-electron chi connectivity index (χ2n) is 9.13. The Morgan fingerprint density at radius 3 is 2.41 bits per heavy atom. The first-order chi connectivity index (χ1) is 12.8. The molecule has 0 saturated heterocycles. The zero-order valence-electron chi connectivity index (χ0n) is 16.8. The smallest absolute Gasteiger partial charge is 0.0737 e. The quantitative estimate of drug-likeness (QED) is 0.368. The molecule has 0 atom stereocenters. The van der Waals surface area contributed by atoms with Crippen LogP contribution in [-0.2, 0) is 17.3 Å². The Balaban J connectivity index is 1.83. The van der Waals surface area contributed by atoms with E-state index in [-0.39, 0.29) is 10.8 Å². The van der Waals surface area contributed by atoms with E-state index in [0.717, 1.165) is 11.9 Å². The maximum atomic E-state index is 4.79. The van der Waals surface area contributed by atoms with Crippen LogP contribution in [0.4, 0.5) is 0 Å². The Bertz CT molecular complexity index is 1110. The van der Waals surface area contributed by atoms with Gasteiger partial charge in [0.2, 0.25) is 0 Å². The summed E-state index contributed by atoms with van der Waals surface area (Å²) in [5.74, 6) is 0. The van der Waals surface area contributed by atoms with E-state index >= 15 is 0 Å². The van der Waals surface area contributed by atoms with Gasteiger partial charge in [0.25, 0.3) is 0 Å². The van der Waals surface area contributed by atoms with Gasteiger partial charge in [-0.2, -0.15) is 0 Å². The molecule has 0 aliphatic carbocycles. The Morgan fingerprint density at radius 2 is 1.63 bits per heavy atom. The first-order valence-corrected chi connectivity index (χ1v) is 10.5. The van der Waals surface area contributed by atoms with Crippen LogP contribution in [0.15, 0.2) is 60.1 Å². The number of pyridine rings is 1. The molecule has 2 heterocycles. The first-order valence-electron chi connectivity index (χ1n) is 9.61. The van der Waals surface area contributed by atoms with Gasteiger partial charge in [-0.15, -0.1) is 11.3 Å². The van der Waals surface area contributed by atoms with Crippen molar-refractivity contribution >= 4 is 32.3 Å². The molecule has 0 N–H and O–H groups in total. The summed E-state index contributed by atoms with van der Waals surface area (Å²) in [4.78, 5) is 4.79. The highest BCUT2D eigenvalue weighted by Crippen LogP contribution is 2.38. The number of rotatable bonds is 3. The fraction of sp³-hybridized carbons (Fsp3) is 0.320. The predicted octanol–water partition coefficient (Wildman–Crippen LogP) is 7.27. The molecular weight excluding hydrogens is 346 g/mol. The van der Waals surface area contributed by atoms with Gasteiger partial charge in [-0.3, -0.25) is 4.98 Å². The number of thiophene rings is 1. The van der Waals surface area contributed by atoms with Crippen LogP contribution in [0.25, 0.3) is 21.0 Å². The molecule has 138 valence electrons. The van der Waals surface area contributed by atoms with Crippen LogP contribution in [0.3, 0.4) is 0 Å². The lowest BCUT2D eigenvalue weighted by Gasteiger charge is -2.27. The Kier molecular flexibility index (Phi) is 4.35. The van der Waals surface area contributed by atoms with Crippen molar-refractivity contribution in [3.63, 3.8) is 0 Å². The molecule has 1 nitrogen and oxygen atoms in total. The van der Waals surface area contributed by atoms with Gasteiger partial charge in [-0.1, -0.05) is 71.0 Å². The third-order valence-electron chi connectivity index (χ3n) is 5.50. The van der Waals surface area contributed by atoms with Crippen LogP contribution < -0.4 is 0 Å². The maximum Gasteiger partial charge on any atom is 0.0737 e. The minimum atomic E-state index is 0.0397. The summed E-state index contributed by atoms with van der Waals surface area (Å²) in [7, 11) is 0. The summed E-state index contributed by atoms with van der Waals surface area (Å²) < 4.78 is 1.41. The van der Waals surface area contributed by atoms with E-state index in [1.165, 1.54) is 32.2 Å². The third-order valence-corrected chi connectivity index (χ3v) is 6.47. The summed E-state index contributed by atoms with van der Waals surface area (Å²) in [5.41, 5.74) is 5.43. The van der Waals surface area contributed by atoms with Gasteiger partial charge in [0.1, 0.15) is 0 Å². The summed E-state index contributed by atoms with van der Waals surface area (Å²) in [6, 6.07) is 17.7. The summed E-state index contributed by atoms with van der Waals surface area (Å²) >= 11 is 1.85. The SMILES string of the molecule is CC(C)(C)c1ccnc2c(CC(C)(C)c3cccc4ccsc34)cccc12. The number of benzene rings is 2. The zero-order valence-corrected chi connectivity index (χ0v) is 17.7. The van der Waals surface area contributed by atoms with Gasteiger partial charge < -0.3 is 0 Å². The highest BCUT2D eigenvalue weighted by atomic mass is 32.1. The highest BCUT2D eigenvalue weighted by molar-refractivity contribution is 7.17. The Labute approximate surface area is 166 Å². The minimum Gasteiger partial charge on any atom is -0.256 e. The van der Waals surface area contributed by atoms with Crippen LogP contribution in [-0.4, -0.2) is 4.98 Å². The Morgan fingerprint density at radius 1 is 0.852 bits per heavy atom. The van der Waals surface area contributed by atoms with Crippen molar-refractivity contribution in [1.29, 1.82) is 0 Å². The highest BCUT2D eigenvalue weighted by Gasteiger charge is 2.26. The van der Waals surface area contributed by atoms with Crippen LogP contribution in [0, 0.1) is 0 Å². The van der Waals surface area contributed by atoms with Crippen molar-refractivity contribution in [2.45, 2.75) is 51.9 Å². The van der Waals surface area contributed by atoms with Crippen molar-refractivity contribution < 1.29 is 0 Å². The first kappa shape index (κ1) is 18.2. The van der Waals surface area contributed by atoms with Crippen LogP contribution in [0.5, 0.6) is 0 Å². The second-order valence-corrected chi connectivity index (χ2v) is 10.0. The van der Waals surface area contributed by atoms with Crippen LogP contribution in [0.2, 0.25) is 0 Å². The lowest BCUT2D eigenvalue weighted by atomic mass is 9.77. The molecule has 0 amide bonds. The van der Waals surface area contributed by atoms with E-state index in [1.54, 1.807) is 0 Å². The molecule has 0 spiro atoms. The van der Waals surface area contributed by atoms with Crippen molar-refractivity contribution in [1.82, 2.24) is 4.98 Å². The summed E-state index contributed by atoms with van der Waals surface area (Å²) in [6.45, 7) is 11.5. The van der Waals surface area contributed by atoms with Crippen molar-refractivity contribution in [2.24, 2.45) is 0 Å². The number of nitrogens with zero attached hydrogens (tertiary/aromatic N) is 1. The lowest BCUT2D eigenvalue weighted by Crippen LogP contribution is -2.21. The van der Waals surface area contributed by atoms with Gasteiger partial charge in [-0.25, -0.2) is 0 Å². The zero-order chi connectivity index (χ0) is 19.2. The molecule has 0 aliphatic heterocycles. The maximum absolute atomic E-state index is 4.79. The number of para-hydroxylation sites is 1. The molecule has 2 heteroatoms. The standard InChI is InChI=1S/C25H27NS/c1-24(2,3)20-12-14-26-22-18(9-6-10-19(20)22)16-25(4,5)21-11-7-8-17-13-15-27-23(17)21/h6-15H,16H2,1-5H3. The Hall–Kier alpha value is -2.19. The molecule has 0 radical (unpaired) electrons. The van der Waals surface area contributed by atoms with E-state index in [9.17, 15) is 0 Å². The molecule has 0 bridgehead atoms. The lowest BCUT2D eigenvalue weighted by molar-refractivity contribution is 0.529. The number of hydrogen-bond donors (Lipinski definition) is 0. The minimum absolute atomic E-state index is 0.0397. The predicted molar refractivity (Wildman–Crippen MR) is 119 cm³/mol. The fourth-order valence-electron chi connectivity index (χ4n) is 4.13. The van der Waals surface area contributed by atoms with E-state index in [1.807, 2.05) is 17.5 Å². The average Bonchev–Trinajstić information content (AvgIpc) is 3.09. The molecule has 4 aromatic rings. The summed E-state index contributed by atoms with van der Waals surface area (Å²) in [6.07, 6.45) is 2.95. The number of hydrogen-bond acceptors (Lipinski definition) is 2. The molecule has 27 heavy (non-hydrogen) atoms. The monoisotopic (exact) mass is 373 g/mol. The molecule has 4 rings (SSSR count). The van der Waals surface area contributed by atoms with Gasteiger partial charge in [-0.05, 0) is 56.8 Å². The molecular formula is C25H27NS. The molecule has 2 aromatic heterocycles. The largest absolute Gasteiger partial charge is 0.256 e. The second kappa shape index (κ2) is 6.45. The molecule has 0 saturated carbocycles. The van der Waals surface area contributed by atoms with Crippen molar-refractivity contribution in [3.05, 3.63) is 76.8 Å². The van der Waals surface area contributed by atoms with Crippen LogP contribution in [0.1, 0.15) is 51.3 Å². The van der Waals surface area contributed by atoms with E-state index in [2.05, 4.69) is 88.5 Å². The molecule has 0 unspecified atom stereocenters.